The first kappa shape index (κ1) is 9.69. The smallest absolute Gasteiger partial charge is 0.151 e. The second kappa shape index (κ2) is 4.01. The molecule has 0 aliphatic heterocycles. The van der Waals surface area contributed by atoms with Crippen molar-refractivity contribution in [2.45, 2.75) is 6.42 Å². The molecular weight excluding hydrogens is 289 g/mol. The van der Waals surface area contributed by atoms with Crippen molar-refractivity contribution in [2.75, 3.05) is 0 Å². The quantitative estimate of drug-likeness (QED) is 0.728. The van der Waals surface area contributed by atoms with E-state index in [4.69, 9.17) is 5.26 Å². The molecule has 0 fully saturated rings. The number of benzene rings is 1. The van der Waals surface area contributed by atoms with Crippen LogP contribution >= 0.6 is 31.9 Å². The van der Waals surface area contributed by atoms with Crippen LogP contribution in [0, 0.1) is 17.1 Å². The minimum absolute atomic E-state index is 0.289. The molecule has 0 bridgehead atoms. The SMILES string of the molecule is N#CCc1cc(Br)c(F)c(Br)c1. The lowest BCUT2D eigenvalue weighted by atomic mass is 10.2. The molecular formula is C8H4Br2FN. The van der Waals surface area contributed by atoms with Crippen molar-refractivity contribution >= 4 is 31.9 Å². The molecule has 0 radical (unpaired) electrons. The van der Waals surface area contributed by atoms with Gasteiger partial charge in [-0.3, -0.25) is 0 Å². The monoisotopic (exact) mass is 291 g/mol. The zero-order chi connectivity index (χ0) is 9.14. The Balaban J connectivity index is 3.14. The molecule has 0 saturated carbocycles. The van der Waals surface area contributed by atoms with E-state index >= 15 is 0 Å². The average molecular weight is 293 g/mol. The van der Waals surface area contributed by atoms with E-state index in [1.807, 2.05) is 6.07 Å². The van der Waals surface area contributed by atoms with Crippen LogP contribution in [0.2, 0.25) is 0 Å². The Labute approximate surface area is 86.5 Å². The maximum atomic E-state index is 13.0. The molecule has 0 N–H and O–H groups in total. The van der Waals surface area contributed by atoms with E-state index in [9.17, 15) is 4.39 Å². The van der Waals surface area contributed by atoms with Crippen LogP contribution in [0.25, 0.3) is 0 Å². The number of nitrogens with zero attached hydrogens (tertiary/aromatic N) is 1. The number of halogens is 3. The van der Waals surface area contributed by atoms with Crippen LogP contribution in [0.15, 0.2) is 21.1 Å². The summed E-state index contributed by atoms with van der Waals surface area (Å²) in [6.45, 7) is 0. The summed E-state index contributed by atoms with van der Waals surface area (Å²) in [4.78, 5) is 0. The Morgan fingerprint density at radius 1 is 1.33 bits per heavy atom. The second-order valence-electron chi connectivity index (χ2n) is 2.21. The van der Waals surface area contributed by atoms with E-state index in [1.54, 1.807) is 12.1 Å². The highest BCUT2D eigenvalue weighted by Crippen LogP contribution is 2.25. The molecule has 1 nitrogen and oxygen atoms in total. The van der Waals surface area contributed by atoms with Crippen molar-refractivity contribution in [3.63, 3.8) is 0 Å². The van der Waals surface area contributed by atoms with Crippen molar-refractivity contribution in [1.29, 1.82) is 5.26 Å². The molecule has 12 heavy (non-hydrogen) atoms. The molecule has 4 heteroatoms. The summed E-state index contributed by atoms with van der Waals surface area (Å²) in [7, 11) is 0. The normalized spacial score (nSPS) is 9.50. The van der Waals surface area contributed by atoms with Crippen molar-refractivity contribution in [1.82, 2.24) is 0 Å². The van der Waals surface area contributed by atoms with E-state index in [0.29, 0.717) is 8.95 Å². The fourth-order valence-electron chi connectivity index (χ4n) is 0.801. The highest BCUT2D eigenvalue weighted by atomic mass is 79.9. The van der Waals surface area contributed by atoms with Crippen molar-refractivity contribution in [2.24, 2.45) is 0 Å². The fraction of sp³-hybridized carbons (Fsp3) is 0.125. The van der Waals surface area contributed by atoms with Crippen LogP contribution in [0.4, 0.5) is 4.39 Å². The van der Waals surface area contributed by atoms with Crippen LogP contribution in [-0.2, 0) is 6.42 Å². The van der Waals surface area contributed by atoms with Crippen molar-refractivity contribution < 1.29 is 4.39 Å². The molecule has 0 aromatic heterocycles. The highest BCUT2D eigenvalue weighted by molar-refractivity contribution is 9.11. The molecule has 0 spiro atoms. The van der Waals surface area contributed by atoms with Gasteiger partial charge < -0.3 is 0 Å². The van der Waals surface area contributed by atoms with E-state index in [0.717, 1.165) is 5.56 Å². The topological polar surface area (TPSA) is 23.8 Å². The third-order valence-electron chi connectivity index (χ3n) is 1.33. The lowest BCUT2D eigenvalue weighted by Gasteiger charge is -2.00. The first-order valence-electron chi connectivity index (χ1n) is 3.15. The molecule has 0 atom stereocenters. The van der Waals surface area contributed by atoms with Crippen molar-refractivity contribution in [3.8, 4) is 6.07 Å². The maximum absolute atomic E-state index is 13.0. The average Bonchev–Trinajstić information content (AvgIpc) is 2.01. The highest BCUT2D eigenvalue weighted by Gasteiger charge is 2.05. The van der Waals surface area contributed by atoms with Gasteiger partial charge in [0.05, 0.1) is 21.4 Å². The zero-order valence-corrected chi connectivity index (χ0v) is 9.11. The third kappa shape index (κ3) is 2.05. The summed E-state index contributed by atoms with van der Waals surface area (Å²) < 4.78 is 13.7. The first-order chi connectivity index (χ1) is 5.65. The number of nitriles is 1. The minimum atomic E-state index is -0.336. The summed E-state index contributed by atoms with van der Waals surface area (Å²) in [6, 6.07) is 5.19. The molecule has 1 rings (SSSR count). The van der Waals surface area contributed by atoms with E-state index in [1.165, 1.54) is 0 Å². The van der Waals surface area contributed by atoms with E-state index in [-0.39, 0.29) is 12.2 Å². The van der Waals surface area contributed by atoms with Gasteiger partial charge in [0.15, 0.2) is 5.82 Å². The molecule has 0 amide bonds. The van der Waals surface area contributed by atoms with Gasteiger partial charge in [-0.2, -0.15) is 5.26 Å². The van der Waals surface area contributed by atoms with Gasteiger partial charge in [-0.25, -0.2) is 4.39 Å². The fourth-order valence-corrected chi connectivity index (χ4v) is 2.08. The maximum Gasteiger partial charge on any atom is 0.151 e. The van der Waals surface area contributed by atoms with Crippen LogP contribution in [0.5, 0.6) is 0 Å². The largest absolute Gasteiger partial charge is 0.205 e. The van der Waals surface area contributed by atoms with Gasteiger partial charge in [0.25, 0.3) is 0 Å². The van der Waals surface area contributed by atoms with Crippen LogP contribution in [0.1, 0.15) is 5.56 Å². The van der Waals surface area contributed by atoms with Gasteiger partial charge in [0.1, 0.15) is 0 Å². The van der Waals surface area contributed by atoms with Crippen LogP contribution < -0.4 is 0 Å². The van der Waals surface area contributed by atoms with Crippen molar-refractivity contribution in [3.05, 3.63) is 32.5 Å². The first-order valence-corrected chi connectivity index (χ1v) is 4.74. The molecule has 0 aliphatic rings. The Bertz CT molecular complexity index is 320. The van der Waals surface area contributed by atoms with Gasteiger partial charge in [-0.15, -0.1) is 0 Å². The molecule has 1 aromatic carbocycles. The van der Waals surface area contributed by atoms with Gasteiger partial charge in [0, 0.05) is 0 Å². The Morgan fingerprint density at radius 3 is 2.25 bits per heavy atom. The summed E-state index contributed by atoms with van der Waals surface area (Å²) in [5.74, 6) is -0.336. The molecule has 0 unspecified atom stereocenters. The molecule has 1 aromatic rings. The van der Waals surface area contributed by atoms with Crippen LogP contribution in [-0.4, -0.2) is 0 Å². The predicted octanol–water partition coefficient (Wildman–Crippen LogP) is 3.42. The summed E-state index contributed by atoms with van der Waals surface area (Å²) >= 11 is 6.10. The van der Waals surface area contributed by atoms with E-state index < -0.39 is 0 Å². The minimum Gasteiger partial charge on any atom is -0.205 e. The van der Waals surface area contributed by atoms with Gasteiger partial charge >= 0.3 is 0 Å². The Hall–Kier alpha value is -0.400. The van der Waals surface area contributed by atoms with Crippen LogP contribution in [0.3, 0.4) is 0 Å². The summed E-state index contributed by atoms with van der Waals surface area (Å²) in [5.41, 5.74) is 0.789. The lowest BCUT2D eigenvalue weighted by Crippen LogP contribution is -1.86. The number of hydrogen-bond acceptors (Lipinski definition) is 1. The number of hydrogen-bond donors (Lipinski definition) is 0. The van der Waals surface area contributed by atoms with E-state index in [2.05, 4.69) is 31.9 Å². The van der Waals surface area contributed by atoms with Gasteiger partial charge in [-0.05, 0) is 49.6 Å². The zero-order valence-electron chi connectivity index (χ0n) is 5.94. The Kier molecular flexibility index (Phi) is 3.24. The second-order valence-corrected chi connectivity index (χ2v) is 3.92. The summed E-state index contributed by atoms with van der Waals surface area (Å²) in [6.07, 6.45) is 0.289. The molecule has 0 aliphatic carbocycles. The molecule has 0 saturated heterocycles. The number of rotatable bonds is 1. The van der Waals surface area contributed by atoms with Gasteiger partial charge in [-0.1, -0.05) is 0 Å². The molecule has 0 heterocycles. The van der Waals surface area contributed by atoms with Gasteiger partial charge in [0.2, 0.25) is 0 Å². The Morgan fingerprint density at radius 2 is 1.83 bits per heavy atom. The standard InChI is InChI=1S/C8H4Br2FN/c9-6-3-5(1-2-12)4-7(10)8(6)11/h3-4H,1H2. The summed E-state index contributed by atoms with van der Waals surface area (Å²) in [5, 5.41) is 8.40. The lowest BCUT2D eigenvalue weighted by molar-refractivity contribution is 0.613. The predicted molar refractivity (Wildman–Crippen MR) is 51.1 cm³/mol. The molecule has 62 valence electrons. The third-order valence-corrected chi connectivity index (χ3v) is 2.48.